The van der Waals surface area contributed by atoms with Crippen molar-refractivity contribution < 1.29 is 14.6 Å². The summed E-state index contributed by atoms with van der Waals surface area (Å²) in [5.74, 6) is -0.234. The molecule has 1 aromatic carbocycles. The van der Waals surface area contributed by atoms with Crippen LogP contribution in [-0.2, 0) is 9.53 Å². The first-order chi connectivity index (χ1) is 7.72. The highest BCUT2D eigenvalue weighted by atomic mass is 16.5. The van der Waals surface area contributed by atoms with Crippen LogP contribution in [0.15, 0.2) is 35.3 Å². The van der Waals surface area contributed by atoms with Gasteiger partial charge in [0, 0.05) is 12.8 Å². The van der Waals surface area contributed by atoms with Gasteiger partial charge in [-0.2, -0.15) is 0 Å². The number of rotatable bonds is 5. The van der Waals surface area contributed by atoms with Gasteiger partial charge < -0.3 is 9.84 Å². The number of carbonyl (C=O) groups is 1. The molecule has 16 heavy (non-hydrogen) atoms. The van der Waals surface area contributed by atoms with Gasteiger partial charge in [0.1, 0.15) is 0 Å². The topological polar surface area (TPSA) is 58.9 Å². The van der Waals surface area contributed by atoms with E-state index in [-0.39, 0.29) is 6.42 Å². The number of aliphatic imine (C=N–C) groups is 1. The normalized spacial score (nSPS) is 11.2. The minimum atomic E-state index is -0.796. The fourth-order valence-corrected chi connectivity index (χ4v) is 1.24. The van der Waals surface area contributed by atoms with E-state index in [4.69, 9.17) is 9.84 Å². The van der Waals surface area contributed by atoms with Crippen molar-refractivity contribution in [3.05, 3.63) is 30.3 Å². The van der Waals surface area contributed by atoms with Crippen LogP contribution in [0.3, 0.4) is 0 Å². The summed E-state index contributed by atoms with van der Waals surface area (Å²) in [5.41, 5.74) is 0.815. The largest absolute Gasteiger partial charge is 0.484 e. The summed E-state index contributed by atoms with van der Waals surface area (Å²) >= 11 is 0. The van der Waals surface area contributed by atoms with Crippen molar-refractivity contribution in [2.45, 2.75) is 19.3 Å². The molecular formula is C12H15NO3. The molecule has 4 heteroatoms. The van der Waals surface area contributed by atoms with Gasteiger partial charge in [0.2, 0.25) is 0 Å². The second-order valence-electron chi connectivity index (χ2n) is 3.29. The maximum Gasteiger partial charge on any atom is 0.303 e. The number of hydrogen-bond donors (Lipinski definition) is 1. The Morgan fingerprint density at radius 3 is 2.56 bits per heavy atom. The lowest BCUT2D eigenvalue weighted by molar-refractivity contribution is -0.137. The summed E-state index contributed by atoms with van der Waals surface area (Å²) in [6.45, 7) is 0. The fourth-order valence-electron chi connectivity index (χ4n) is 1.24. The number of carboxylic acids is 1. The Bertz CT molecular complexity index is 360. The molecule has 0 unspecified atom stereocenters. The van der Waals surface area contributed by atoms with E-state index in [2.05, 4.69) is 4.99 Å². The number of carboxylic acid groups (broad SMARTS) is 1. The second-order valence-corrected chi connectivity index (χ2v) is 3.29. The molecule has 0 heterocycles. The molecule has 0 spiro atoms. The Morgan fingerprint density at radius 1 is 1.31 bits per heavy atom. The predicted octanol–water partition coefficient (Wildman–Crippen LogP) is 2.62. The zero-order valence-corrected chi connectivity index (χ0v) is 9.22. The Balaban J connectivity index is 2.54. The van der Waals surface area contributed by atoms with Crippen LogP contribution in [0.2, 0.25) is 0 Å². The third-order valence-corrected chi connectivity index (χ3v) is 2.03. The van der Waals surface area contributed by atoms with Crippen LogP contribution in [-0.4, -0.2) is 24.1 Å². The molecule has 0 aliphatic carbocycles. The molecule has 0 bridgehead atoms. The van der Waals surface area contributed by atoms with E-state index in [1.165, 1.54) is 0 Å². The number of benzene rings is 1. The van der Waals surface area contributed by atoms with Crippen molar-refractivity contribution in [2.24, 2.45) is 4.99 Å². The van der Waals surface area contributed by atoms with Gasteiger partial charge in [0.25, 0.3) is 0 Å². The van der Waals surface area contributed by atoms with Gasteiger partial charge >= 0.3 is 5.97 Å². The van der Waals surface area contributed by atoms with Crippen LogP contribution in [0, 0.1) is 0 Å². The van der Waals surface area contributed by atoms with Crippen LogP contribution >= 0.6 is 0 Å². The van der Waals surface area contributed by atoms with E-state index in [9.17, 15) is 4.79 Å². The maximum absolute atomic E-state index is 10.3. The number of aliphatic carboxylic acids is 1. The summed E-state index contributed by atoms with van der Waals surface area (Å²) in [4.78, 5) is 14.6. The Labute approximate surface area is 94.6 Å². The van der Waals surface area contributed by atoms with Crippen LogP contribution in [0.4, 0.5) is 5.69 Å². The van der Waals surface area contributed by atoms with Crippen molar-refractivity contribution >= 4 is 17.6 Å². The monoisotopic (exact) mass is 221 g/mol. The molecule has 0 radical (unpaired) electrons. The van der Waals surface area contributed by atoms with Crippen LogP contribution < -0.4 is 0 Å². The average molecular weight is 221 g/mol. The third-order valence-electron chi connectivity index (χ3n) is 2.03. The van der Waals surface area contributed by atoms with Crippen LogP contribution in [0.5, 0.6) is 0 Å². The molecular weight excluding hydrogens is 206 g/mol. The summed E-state index contributed by atoms with van der Waals surface area (Å²) in [6.07, 6.45) is 1.21. The lowest BCUT2D eigenvalue weighted by Gasteiger charge is -2.03. The minimum absolute atomic E-state index is 0.136. The van der Waals surface area contributed by atoms with E-state index < -0.39 is 5.97 Å². The predicted molar refractivity (Wildman–Crippen MR) is 62.0 cm³/mol. The van der Waals surface area contributed by atoms with Gasteiger partial charge in [-0.05, 0) is 18.6 Å². The molecule has 1 rings (SSSR count). The Hall–Kier alpha value is -1.84. The SMILES string of the molecule is COC(CCCC(=O)O)=Nc1ccccc1. The van der Waals surface area contributed by atoms with Gasteiger partial charge in [-0.15, -0.1) is 0 Å². The van der Waals surface area contributed by atoms with E-state index in [1.54, 1.807) is 7.11 Å². The highest BCUT2D eigenvalue weighted by Gasteiger charge is 2.02. The van der Waals surface area contributed by atoms with E-state index in [1.807, 2.05) is 30.3 Å². The van der Waals surface area contributed by atoms with Gasteiger partial charge in [0.15, 0.2) is 5.90 Å². The van der Waals surface area contributed by atoms with Crippen molar-refractivity contribution in [1.82, 2.24) is 0 Å². The first-order valence-corrected chi connectivity index (χ1v) is 5.11. The molecule has 1 N–H and O–H groups in total. The molecule has 0 saturated heterocycles. The molecule has 0 fully saturated rings. The quantitative estimate of drug-likeness (QED) is 0.614. The van der Waals surface area contributed by atoms with Gasteiger partial charge in [-0.1, -0.05) is 18.2 Å². The van der Waals surface area contributed by atoms with Gasteiger partial charge in [0.05, 0.1) is 12.8 Å². The smallest absolute Gasteiger partial charge is 0.303 e. The average Bonchev–Trinajstić information content (AvgIpc) is 2.28. The number of ether oxygens (including phenoxy) is 1. The fraction of sp³-hybridized carbons (Fsp3) is 0.333. The number of hydrogen-bond acceptors (Lipinski definition) is 3. The minimum Gasteiger partial charge on any atom is -0.484 e. The Morgan fingerprint density at radius 2 is 2.00 bits per heavy atom. The molecule has 0 amide bonds. The highest BCUT2D eigenvalue weighted by Crippen LogP contribution is 2.12. The third kappa shape index (κ3) is 4.59. The second kappa shape index (κ2) is 6.61. The van der Waals surface area contributed by atoms with Crippen molar-refractivity contribution in [2.75, 3.05) is 7.11 Å². The van der Waals surface area contributed by atoms with E-state index in [0.717, 1.165) is 5.69 Å². The zero-order valence-electron chi connectivity index (χ0n) is 9.22. The first-order valence-electron chi connectivity index (χ1n) is 5.11. The zero-order chi connectivity index (χ0) is 11.8. The summed E-state index contributed by atoms with van der Waals surface area (Å²) in [7, 11) is 1.54. The van der Waals surface area contributed by atoms with E-state index >= 15 is 0 Å². The molecule has 0 saturated carbocycles. The van der Waals surface area contributed by atoms with Crippen molar-refractivity contribution in [1.29, 1.82) is 0 Å². The van der Waals surface area contributed by atoms with Crippen LogP contribution in [0.1, 0.15) is 19.3 Å². The lowest BCUT2D eigenvalue weighted by Crippen LogP contribution is -2.03. The molecule has 1 aromatic rings. The molecule has 86 valence electrons. The number of para-hydroxylation sites is 1. The first kappa shape index (κ1) is 12.2. The summed E-state index contributed by atoms with van der Waals surface area (Å²) < 4.78 is 5.09. The molecule has 0 aliphatic heterocycles. The highest BCUT2D eigenvalue weighted by molar-refractivity contribution is 5.79. The number of methoxy groups -OCH3 is 1. The Kier molecular flexibility index (Phi) is 5.05. The number of nitrogens with zero attached hydrogens (tertiary/aromatic N) is 1. The summed E-state index contributed by atoms with van der Waals surface area (Å²) in [5, 5.41) is 8.51. The van der Waals surface area contributed by atoms with Crippen LogP contribution in [0.25, 0.3) is 0 Å². The molecule has 4 nitrogen and oxygen atoms in total. The molecule has 0 atom stereocenters. The van der Waals surface area contributed by atoms with E-state index in [0.29, 0.717) is 18.7 Å². The standard InChI is InChI=1S/C12H15NO3/c1-16-11(8-5-9-12(14)15)13-10-6-3-2-4-7-10/h2-4,6-7H,5,8-9H2,1H3,(H,14,15). The summed E-state index contributed by atoms with van der Waals surface area (Å²) in [6, 6.07) is 9.44. The maximum atomic E-state index is 10.3. The molecule has 0 aromatic heterocycles. The van der Waals surface area contributed by atoms with Gasteiger partial charge in [-0.25, -0.2) is 4.99 Å². The van der Waals surface area contributed by atoms with Crippen molar-refractivity contribution in [3.8, 4) is 0 Å². The van der Waals surface area contributed by atoms with Gasteiger partial charge in [-0.3, -0.25) is 4.79 Å². The molecule has 0 aliphatic rings. The van der Waals surface area contributed by atoms with Crippen molar-refractivity contribution in [3.63, 3.8) is 0 Å². The lowest BCUT2D eigenvalue weighted by atomic mass is 10.2.